The van der Waals surface area contributed by atoms with Gasteiger partial charge in [-0.1, -0.05) is 12.8 Å². The van der Waals surface area contributed by atoms with Crippen molar-refractivity contribution in [2.24, 2.45) is 11.1 Å². The number of amides is 1. The third kappa shape index (κ3) is 2.67. The van der Waals surface area contributed by atoms with E-state index >= 15 is 0 Å². The molecule has 5 heteroatoms. The number of carbonyl (C=O) groups is 2. The van der Waals surface area contributed by atoms with E-state index in [1.807, 2.05) is 0 Å². The average molecular weight is 276 g/mol. The van der Waals surface area contributed by atoms with Gasteiger partial charge in [0.25, 0.3) is 0 Å². The molecule has 0 heterocycles. The summed E-state index contributed by atoms with van der Waals surface area (Å²) < 4.78 is 0. The molecule has 0 atom stereocenters. The fraction of sp³-hybridized carbons (Fsp3) is 0.467. The van der Waals surface area contributed by atoms with Gasteiger partial charge in [0.15, 0.2) is 0 Å². The zero-order valence-corrected chi connectivity index (χ0v) is 11.6. The first-order chi connectivity index (χ1) is 9.48. The molecule has 0 bridgehead atoms. The maximum Gasteiger partial charge on any atom is 0.335 e. The van der Waals surface area contributed by atoms with Gasteiger partial charge in [0.05, 0.1) is 11.0 Å². The number of anilines is 1. The quantitative estimate of drug-likeness (QED) is 0.785. The standard InChI is InChI=1S/C15H20N2O3/c1-10-8-11(4-5-12(10)13(18)19)17-14(20)15(9-16)6-2-3-7-15/h4-5,8H,2-3,6-7,9,16H2,1H3,(H,17,20)(H,18,19). The maximum absolute atomic E-state index is 12.4. The smallest absolute Gasteiger partial charge is 0.335 e. The maximum atomic E-state index is 12.4. The summed E-state index contributed by atoms with van der Waals surface area (Å²) >= 11 is 0. The second-order valence-corrected chi connectivity index (χ2v) is 5.48. The first-order valence-electron chi connectivity index (χ1n) is 6.84. The summed E-state index contributed by atoms with van der Waals surface area (Å²) in [6.07, 6.45) is 3.70. The summed E-state index contributed by atoms with van der Waals surface area (Å²) in [6.45, 7) is 2.07. The van der Waals surface area contributed by atoms with Crippen LogP contribution in [0.5, 0.6) is 0 Å². The minimum absolute atomic E-state index is 0.0556. The molecule has 5 nitrogen and oxygen atoms in total. The molecule has 0 aliphatic heterocycles. The van der Waals surface area contributed by atoms with Gasteiger partial charge in [-0.3, -0.25) is 4.79 Å². The van der Waals surface area contributed by atoms with Gasteiger partial charge in [-0.15, -0.1) is 0 Å². The van der Waals surface area contributed by atoms with Crippen LogP contribution in [0.2, 0.25) is 0 Å². The lowest BCUT2D eigenvalue weighted by atomic mass is 9.85. The molecule has 4 N–H and O–H groups in total. The van der Waals surface area contributed by atoms with Crippen molar-refractivity contribution in [1.29, 1.82) is 0 Å². The molecule has 1 aliphatic rings. The highest BCUT2D eigenvalue weighted by Crippen LogP contribution is 2.38. The van der Waals surface area contributed by atoms with Gasteiger partial charge in [-0.2, -0.15) is 0 Å². The SMILES string of the molecule is Cc1cc(NC(=O)C2(CN)CCCC2)ccc1C(=O)O. The van der Waals surface area contributed by atoms with Crippen LogP contribution in [0.1, 0.15) is 41.6 Å². The van der Waals surface area contributed by atoms with Crippen LogP contribution in [0.4, 0.5) is 5.69 Å². The number of benzene rings is 1. The summed E-state index contributed by atoms with van der Waals surface area (Å²) in [7, 11) is 0. The van der Waals surface area contributed by atoms with E-state index in [2.05, 4.69) is 5.32 Å². The van der Waals surface area contributed by atoms with Gasteiger partial charge in [0.2, 0.25) is 5.91 Å². The molecule has 0 aromatic heterocycles. The lowest BCUT2D eigenvalue weighted by Gasteiger charge is -2.25. The Balaban J connectivity index is 2.16. The Morgan fingerprint density at radius 3 is 2.50 bits per heavy atom. The molecule has 1 aromatic carbocycles. The Hall–Kier alpha value is -1.88. The van der Waals surface area contributed by atoms with E-state index in [0.717, 1.165) is 25.7 Å². The van der Waals surface area contributed by atoms with Crippen LogP contribution >= 0.6 is 0 Å². The molecule has 20 heavy (non-hydrogen) atoms. The van der Waals surface area contributed by atoms with E-state index in [1.54, 1.807) is 19.1 Å². The summed E-state index contributed by atoms with van der Waals surface area (Å²) in [5, 5.41) is 11.9. The van der Waals surface area contributed by atoms with E-state index < -0.39 is 11.4 Å². The second kappa shape index (κ2) is 5.63. The molecule has 108 valence electrons. The Bertz CT molecular complexity index is 534. The van der Waals surface area contributed by atoms with Crippen molar-refractivity contribution >= 4 is 17.6 Å². The van der Waals surface area contributed by atoms with Crippen molar-refractivity contribution in [2.75, 3.05) is 11.9 Å². The van der Waals surface area contributed by atoms with Crippen LogP contribution in [-0.4, -0.2) is 23.5 Å². The fourth-order valence-electron chi connectivity index (χ4n) is 2.82. The van der Waals surface area contributed by atoms with E-state index in [0.29, 0.717) is 17.8 Å². The number of nitrogens with one attached hydrogen (secondary N) is 1. The van der Waals surface area contributed by atoms with E-state index in [4.69, 9.17) is 10.8 Å². The zero-order valence-electron chi connectivity index (χ0n) is 11.6. The van der Waals surface area contributed by atoms with E-state index in [1.165, 1.54) is 6.07 Å². The van der Waals surface area contributed by atoms with Crippen LogP contribution in [0, 0.1) is 12.3 Å². The highest BCUT2D eigenvalue weighted by Gasteiger charge is 2.39. The molecule has 0 unspecified atom stereocenters. The Morgan fingerprint density at radius 1 is 1.35 bits per heavy atom. The van der Waals surface area contributed by atoms with Gasteiger partial charge < -0.3 is 16.2 Å². The normalized spacial score (nSPS) is 16.9. The molecule has 1 saturated carbocycles. The monoisotopic (exact) mass is 276 g/mol. The van der Waals surface area contributed by atoms with Crippen LogP contribution in [0.3, 0.4) is 0 Å². The second-order valence-electron chi connectivity index (χ2n) is 5.48. The Labute approximate surface area is 118 Å². The van der Waals surface area contributed by atoms with Crippen LogP contribution in [0.15, 0.2) is 18.2 Å². The van der Waals surface area contributed by atoms with Gasteiger partial charge in [-0.05, 0) is 43.5 Å². The summed E-state index contributed by atoms with van der Waals surface area (Å²) in [4.78, 5) is 23.3. The number of carbonyl (C=O) groups excluding carboxylic acids is 1. The van der Waals surface area contributed by atoms with Crippen molar-refractivity contribution in [1.82, 2.24) is 0 Å². The highest BCUT2D eigenvalue weighted by atomic mass is 16.4. The topological polar surface area (TPSA) is 92.4 Å². The summed E-state index contributed by atoms with van der Waals surface area (Å²) in [5.74, 6) is -1.02. The molecule has 0 spiro atoms. The van der Waals surface area contributed by atoms with E-state index in [9.17, 15) is 9.59 Å². The number of rotatable bonds is 4. The Kier molecular flexibility index (Phi) is 4.09. The zero-order chi connectivity index (χ0) is 14.8. The first-order valence-corrected chi connectivity index (χ1v) is 6.84. The number of nitrogens with two attached hydrogens (primary N) is 1. The van der Waals surface area contributed by atoms with E-state index in [-0.39, 0.29) is 11.5 Å². The van der Waals surface area contributed by atoms with Gasteiger partial charge in [0, 0.05) is 12.2 Å². The van der Waals surface area contributed by atoms with Gasteiger partial charge in [-0.25, -0.2) is 4.79 Å². The lowest BCUT2D eigenvalue weighted by molar-refractivity contribution is -0.124. The molecule has 1 aliphatic carbocycles. The number of hydrogen-bond donors (Lipinski definition) is 3. The molecule has 1 aromatic rings. The van der Waals surface area contributed by atoms with Crippen molar-refractivity contribution in [3.05, 3.63) is 29.3 Å². The van der Waals surface area contributed by atoms with Crippen molar-refractivity contribution < 1.29 is 14.7 Å². The minimum atomic E-state index is -0.963. The molecular formula is C15H20N2O3. The number of aryl methyl sites for hydroxylation is 1. The number of carboxylic acid groups (broad SMARTS) is 1. The first kappa shape index (κ1) is 14.5. The fourth-order valence-corrected chi connectivity index (χ4v) is 2.82. The molecule has 1 fully saturated rings. The molecule has 0 radical (unpaired) electrons. The predicted molar refractivity (Wildman–Crippen MR) is 76.7 cm³/mol. The Morgan fingerprint density at radius 2 is 2.00 bits per heavy atom. The third-order valence-corrected chi connectivity index (χ3v) is 4.15. The van der Waals surface area contributed by atoms with Crippen LogP contribution in [0.25, 0.3) is 0 Å². The van der Waals surface area contributed by atoms with Crippen molar-refractivity contribution in [3.8, 4) is 0 Å². The number of carboxylic acids is 1. The number of aromatic carboxylic acids is 1. The minimum Gasteiger partial charge on any atom is -0.478 e. The van der Waals surface area contributed by atoms with Crippen molar-refractivity contribution in [2.45, 2.75) is 32.6 Å². The molecular weight excluding hydrogens is 256 g/mol. The lowest BCUT2D eigenvalue weighted by Crippen LogP contribution is -2.40. The summed E-state index contributed by atoms with van der Waals surface area (Å²) in [6, 6.07) is 4.81. The van der Waals surface area contributed by atoms with Gasteiger partial charge >= 0.3 is 5.97 Å². The largest absolute Gasteiger partial charge is 0.478 e. The summed E-state index contributed by atoms with van der Waals surface area (Å²) in [5.41, 5.74) is 6.82. The average Bonchev–Trinajstić information content (AvgIpc) is 2.88. The number of hydrogen-bond acceptors (Lipinski definition) is 3. The molecule has 1 amide bonds. The molecule has 0 saturated heterocycles. The van der Waals surface area contributed by atoms with Gasteiger partial charge in [0.1, 0.15) is 0 Å². The van der Waals surface area contributed by atoms with Crippen LogP contribution in [-0.2, 0) is 4.79 Å². The predicted octanol–water partition coefficient (Wildman–Crippen LogP) is 2.15. The third-order valence-electron chi connectivity index (χ3n) is 4.15. The highest BCUT2D eigenvalue weighted by molar-refractivity contribution is 5.96. The van der Waals surface area contributed by atoms with Crippen LogP contribution < -0.4 is 11.1 Å². The molecule has 2 rings (SSSR count). The van der Waals surface area contributed by atoms with Crippen molar-refractivity contribution in [3.63, 3.8) is 0 Å².